The van der Waals surface area contributed by atoms with Crippen LogP contribution in [0.15, 0.2) is 77.9 Å². The molecule has 152 valence electrons. The van der Waals surface area contributed by atoms with Gasteiger partial charge in [-0.2, -0.15) is 5.10 Å². The molecule has 2 N–H and O–H groups in total. The number of nitrogens with zero attached hydrogens (tertiary/aromatic N) is 1. The number of benzene rings is 3. The topological polar surface area (TPSA) is 79.8 Å². The van der Waals surface area contributed by atoms with Crippen LogP contribution >= 0.6 is 0 Å². The van der Waals surface area contributed by atoms with Crippen molar-refractivity contribution >= 4 is 23.8 Å². The smallest absolute Gasteiger partial charge is 0.343 e. The van der Waals surface area contributed by atoms with Gasteiger partial charge in [0.25, 0.3) is 5.91 Å². The Kier molecular flexibility index (Phi) is 6.89. The fourth-order valence-electron chi connectivity index (χ4n) is 2.60. The number of hydrazone groups is 1. The average Bonchev–Trinajstić information content (AvgIpc) is 2.73. The second-order valence-electron chi connectivity index (χ2n) is 6.49. The molecule has 0 aliphatic carbocycles. The highest BCUT2D eigenvalue weighted by Gasteiger charge is 2.09. The Morgan fingerprint density at radius 1 is 1.03 bits per heavy atom. The minimum Gasteiger partial charge on any atom is -0.423 e. The Morgan fingerprint density at radius 2 is 1.83 bits per heavy atom. The molecule has 0 aliphatic heterocycles. The van der Waals surface area contributed by atoms with Gasteiger partial charge >= 0.3 is 5.97 Å². The Morgan fingerprint density at radius 3 is 2.63 bits per heavy atom. The maximum absolute atomic E-state index is 13.2. The van der Waals surface area contributed by atoms with Gasteiger partial charge in [-0.15, -0.1) is 0 Å². The second-order valence-corrected chi connectivity index (χ2v) is 6.49. The maximum atomic E-state index is 13.2. The molecule has 0 bridgehead atoms. The monoisotopic (exact) mass is 405 g/mol. The summed E-state index contributed by atoms with van der Waals surface area (Å²) in [4.78, 5) is 24.0. The van der Waals surface area contributed by atoms with E-state index in [-0.39, 0.29) is 23.8 Å². The Balaban J connectivity index is 1.52. The van der Waals surface area contributed by atoms with Gasteiger partial charge in [0.1, 0.15) is 11.6 Å². The van der Waals surface area contributed by atoms with Crippen LogP contribution in [0.3, 0.4) is 0 Å². The molecule has 0 fully saturated rings. The van der Waals surface area contributed by atoms with E-state index in [0.717, 1.165) is 17.3 Å². The van der Waals surface area contributed by atoms with Crippen LogP contribution in [0.25, 0.3) is 0 Å². The molecule has 0 spiro atoms. The van der Waals surface area contributed by atoms with E-state index in [9.17, 15) is 14.0 Å². The first-order valence-electron chi connectivity index (χ1n) is 9.20. The Bertz CT molecular complexity index is 1080. The predicted octanol–water partition coefficient (Wildman–Crippen LogP) is 3.92. The SMILES string of the molecule is Cc1cccc(NCC(=O)NN=Cc2cccc(OC(=O)c3cccc(F)c3)c2)c1. The molecule has 30 heavy (non-hydrogen) atoms. The van der Waals surface area contributed by atoms with E-state index in [4.69, 9.17) is 4.74 Å². The first-order valence-corrected chi connectivity index (χ1v) is 9.20. The van der Waals surface area contributed by atoms with Crippen molar-refractivity contribution in [3.63, 3.8) is 0 Å². The molecule has 0 aliphatic rings. The number of amides is 1. The lowest BCUT2D eigenvalue weighted by Gasteiger charge is -2.06. The molecule has 6 nitrogen and oxygen atoms in total. The predicted molar refractivity (Wildman–Crippen MR) is 113 cm³/mol. The normalized spacial score (nSPS) is 10.6. The first kappa shape index (κ1) is 20.7. The van der Waals surface area contributed by atoms with E-state index in [0.29, 0.717) is 5.56 Å². The van der Waals surface area contributed by atoms with Gasteiger partial charge in [0.2, 0.25) is 0 Å². The quantitative estimate of drug-likeness (QED) is 0.270. The number of anilines is 1. The van der Waals surface area contributed by atoms with Gasteiger partial charge in [-0.25, -0.2) is 14.6 Å². The van der Waals surface area contributed by atoms with E-state index < -0.39 is 11.8 Å². The summed E-state index contributed by atoms with van der Waals surface area (Å²) >= 11 is 0. The van der Waals surface area contributed by atoms with E-state index in [1.165, 1.54) is 24.4 Å². The summed E-state index contributed by atoms with van der Waals surface area (Å²) in [6, 6.07) is 19.5. The van der Waals surface area contributed by atoms with Crippen LogP contribution in [-0.4, -0.2) is 24.6 Å². The molecule has 3 aromatic rings. The number of halogens is 1. The molecule has 0 unspecified atom stereocenters. The summed E-state index contributed by atoms with van der Waals surface area (Å²) in [6.07, 6.45) is 1.43. The average molecular weight is 405 g/mol. The van der Waals surface area contributed by atoms with Crippen molar-refractivity contribution in [3.8, 4) is 5.75 Å². The van der Waals surface area contributed by atoms with Crippen molar-refractivity contribution in [2.45, 2.75) is 6.92 Å². The summed E-state index contributed by atoms with van der Waals surface area (Å²) < 4.78 is 18.5. The summed E-state index contributed by atoms with van der Waals surface area (Å²) in [5, 5.41) is 6.92. The summed E-state index contributed by atoms with van der Waals surface area (Å²) in [5.41, 5.74) is 5.10. The third-order valence-corrected chi connectivity index (χ3v) is 4.00. The van der Waals surface area contributed by atoms with Crippen molar-refractivity contribution in [1.29, 1.82) is 0 Å². The van der Waals surface area contributed by atoms with Crippen molar-refractivity contribution in [1.82, 2.24) is 5.43 Å². The number of esters is 1. The molecule has 7 heteroatoms. The van der Waals surface area contributed by atoms with E-state index in [2.05, 4.69) is 15.8 Å². The van der Waals surface area contributed by atoms with Gasteiger partial charge in [0, 0.05) is 5.69 Å². The zero-order valence-electron chi connectivity index (χ0n) is 16.3. The zero-order valence-corrected chi connectivity index (χ0v) is 16.3. The van der Waals surface area contributed by atoms with Gasteiger partial charge in [-0.1, -0.05) is 30.3 Å². The van der Waals surface area contributed by atoms with Crippen LogP contribution in [0.4, 0.5) is 10.1 Å². The fraction of sp³-hybridized carbons (Fsp3) is 0.0870. The molecule has 3 aromatic carbocycles. The highest BCUT2D eigenvalue weighted by Crippen LogP contribution is 2.15. The summed E-state index contributed by atoms with van der Waals surface area (Å²) in [7, 11) is 0. The fourth-order valence-corrected chi connectivity index (χ4v) is 2.60. The van der Waals surface area contributed by atoms with Crippen molar-refractivity contribution in [3.05, 3.63) is 95.3 Å². The largest absolute Gasteiger partial charge is 0.423 e. The molecule has 0 atom stereocenters. The van der Waals surface area contributed by atoms with Crippen molar-refractivity contribution in [2.24, 2.45) is 5.10 Å². The third kappa shape index (κ3) is 6.27. The van der Waals surface area contributed by atoms with Crippen LogP contribution < -0.4 is 15.5 Å². The highest BCUT2D eigenvalue weighted by molar-refractivity contribution is 5.91. The molecule has 0 saturated heterocycles. The molecule has 0 aromatic heterocycles. The second kappa shape index (κ2) is 9.97. The lowest BCUT2D eigenvalue weighted by atomic mass is 10.2. The van der Waals surface area contributed by atoms with Crippen LogP contribution in [-0.2, 0) is 4.79 Å². The molecule has 0 radical (unpaired) electrons. The minimum atomic E-state index is -0.667. The van der Waals surface area contributed by atoms with Gasteiger partial charge in [0.05, 0.1) is 18.3 Å². The van der Waals surface area contributed by atoms with E-state index in [1.54, 1.807) is 24.3 Å². The Hall–Kier alpha value is -4.00. The highest BCUT2D eigenvalue weighted by atomic mass is 19.1. The maximum Gasteiger partial charge on any atom is 0.343 e. The van der Waals surface area contributed by atoms with Crippen molar-refractivity contribution in [2.75, 3.05) is 11.9 Å². The van der Waals surface area contributed by atoms with Crippen LogP contribution in [0.2, 0.25) is 0 Å². The third-order valence-electron chi connectivity index (χ3n) is 4.00. The number of hydrogen-bond donors (Lipinski definition) is 2. The molecular weight excluding hydrogens is 385 g/mol. The van der Waals surface area contributed by atoms with Gasteiger partial charge < -0.3 is 10.1 Å². The van der Waals surface area contributed by atoms with E-state index >= 15 is 0 Å². The number of rotatable bonds is 7. The zero-order chi connectivity index (χ0) is 21.3. The van der Waals surface area contributed by atoms with Crippen molar-refractivity contribution < 1.29 is 18.7 Å². The van der Waals surface area contributed by atoms with Gasteiger partial charge in [0.15, 0.2) is 0 Å². The van der Waals surface area contributed by atoms with E-state index in [1.807, 2.05) is 31.2 Å². The number of hydrogen-bond acceptors (Lipinski definition) is 5. The molecule has 0 heterocycles. The number of ether oxygens (including phenoxy) is 1. The lowest BCUT2D eigenvalue weighted by molar-refractivity contribution is -0.119. The van der Waals surface area contributed by atoms with Crippen LogP contribution in [0.5, 0.6) is 5.75 Å². The van der Waals surface area contributed by atoms with Crippen LogP contribution in [0.1, 0.15) is 21.5 Å². The molecular formula is C23H20FN3O3. The number of carbonyl (C=O) groups excluding carboxylic acids is 2. The number of carbonyl (C=O) groups is 2. The standard InChI is InChI=1S/C23H20FN3O3/c1-16-5-2-9-20(11-16)25-15-22(28)27-26-14-17-6-3-10-21(12-17)30-23(29)18-7-4-8-19(24)13-18/h2-14,25H,15H2,1H3,(H,27,28). The molecule has 1 amide bonds. The summed E-state index contributed by atoms with van der Waals surface area (Å²) in [5.74, 6) is -1.21. The molecule has 3 rings (SSSR count). The summed E-state index contributed by atoms with van der Waals surface area (Å²) in [6.45, 7) is 2.05. The number of nitrogens with one attached hydrogen (secondary N) is 2. The van der Waals surface area contributed by atoms with Crippen LogP contribution in [0, 0.1) is 12.7 Å². The first-order chi connectivity index (χ1) is 14.5. The Labute approximate surface area is 173 Å². The van der Waals surface area contributed by atoms with Gasteiger partial charge in [-0.3, -0.25) is 4.79 Å². The van der Waals surface area contributed by atoms with Gasteiger partial charge in [-0.05, 0) is 60.5 Å². The number of aryl methyl sites for hydroxylation is 1. The molecule has 0 saturated carbocycles. The minimum absolute atomic E-state index is 0.0755. The lowest BCUT2D eigenvalue weighted by Crippen LogP contribution is -2.25.